The lowest BCUT2D eigenvalue weighted by Gasteiger charge is -2.11. The van der Waals surface area contributed by atoms with Gasteiger partial charge in [-0.05, 0) is 24.3 Å². The molecular weight excluding hydrogens is 377 g/mol. The third kappa shape index (κ3) is 4.63. The number of benzene rings is 2. The van der Waals surface area contributed by atoms with Crippen molar-refractivity contribution in [3.05, 3.63) is 62.5 Å². The Labute approximate surface area is 141 Å². The highest BCUT2D eigenvalue weighted by molar-refractivity contribution is 9.10. The smallest absolute Gasteiger partial charge is 0.338 e. The monoisotopic (exact) mass is 387 g/mol. The Balaban J connectivity index is 1.84. The summed E-state index contributed by atoms with van der Waals surface area (Å²) in [6.07, 6.45) is 0. The minimum Gasteiger partial charge on any atom is -0.460 e. The Morgan fingerprint density at radius 2 is 1.76 bits per heavy atom. The van der Waals surface area contributed by atoms with Gasteiger partial charge in [-0.2, -0.15) is 0 Å². The van der Waals surface area contributed by atoms with E-state index in [-0.39, 0.29) is 12.6 Å². The van der Waals surface area contributed by atoms with Crippen LogP contribution in [-0.4, -0.2) is 19.1 Å². The fourth-order valence-corrected chi connectivity index (χ4v) is 3.03. The highest BCUT2D eigenvalue weighted by Crippen LogP contribution is 2.33. The van der Waals surface area contributed by atoms with E-state index >= 15 is 0 Å². The minimum absolute atomic E-state index is 0.219. The van der Waals surface area contributed by atoms with Crippen LogP contribution in [0.25, 0.3) is 0 Å². The quantitative estimate of drug-likeness (QED) is 0.576. The Kier molecular flexibility index (Phi) is 5.91. The Hall–Kier alpha value is -1.23. The van der Waals surface area contributed by atoms with E-state index in [0.29, 0.717) is 27.8 Å². The molecule has 2 rings (SSSR count). The summed E-state index contributed by atoms with van der Waals surface area (Å²) < 4.78 is 5.96. The zero-order valence-electron chi connectivity index (χ0n) is 10.9. The molecule has 0 aliphatic rings. The first-order valence-electron chi connectivity index (χ1n) is 6.18. The molecule has 2 aromatic rings. The van der Waals surface area contributed by atoms with E-state index in [1.54, 1.807) is 36.4 Å². The van der Waals surface area contributed by atoms with E-state index in [4.69, 9.17) is 27.9 Å². The number of anilines is 1. The molecule has 1 N–H and O–H groups in total. The first-order valence-corrected chi connectivity index (χ1v) is 7.73. The van der Waals surface area contributed by atoms with Gasteiger partial charge in [0.05, 0.1) is 21.3 Å². The minimum atomic E-state index is -0.356. The van der Waals surface area contributed by atoms with Crippen molar-refractivity contribution in [1.29, 1.82) is 0 Å². The van der Waals surface area contributed by atoms with E-state index in [2.05, 4.69) is 21.2 Å². The predicted octanol–water partition coefficient (Wildman–Crippen LogP) is 5.02. The molecule has 0 aromatic heterocycles. The van der Waals surface area contributed by atoms with Crippen molar-refractivity contribution in [3.63, 3.8) is 0 Å². The van der Waals surface area contributed by atoms with Crippen LogP contribution in [0.15, 0.2) is 46.9 Å². The second-order valence-electron chi connectivity index (χ2n) is 4.17. The Morgan fingerprint density at radius 1 is 1.14 bits per heavy atom. The summed E-state index contributed by atoms with van der Waals surface area (Å²) >= 11 is 15.5. The van der Waals surface area contributed by atoms with Gasteiger partial charge >= 0.3 is 5.97 Å². The molecule has 0 saturated heterocycles. The van der Waals surface area contributed by atoms with Crippen molar-refractivity contribution in [2.75, 3.05) is 18.5 Å². The maximum absolute atomic E-state index is 11.7. The van der Waals surface area contributed by atoms with E-state index in [9.17, 15) is 4.79 Å². The summed E-state index contributed by atoms with van der Waals surface area (Å²) in [6.45, 7) is 0.635. The van der Waals surface area contributed by atoms with Crippen LogP contribution in [0, 0.1) is 0 Å². The molecule has 0 bridgehead atoms. The molecule has 0 fully saturated rings. The van der Waals surface area contributed by atoms with Gasteiger partial charge in [-0.25, -0.2) is 4.79 Å². The van der Waals surface area contributed by atoms with Crippen LogP contribution in [0.2, 0.25) is 10.0 Å². The molecule has 0 amide bonds. The number of ether oxygens (including phenoxy) is 1. The molecule has 21 heavy (non-hydrogen) atoms. The van der Waals surface area contributed by atoms with E-state index in [0.717, 1.165) is 4.47 Å². The lowest BCUT2D eigenvalue weighted by atomic mass is 10.2. The largest absolute Gasteiger partial charge is 0.460 e. The number of esters is 1. The molecule has 0 saturated carbocycles. The molecule has 3 nitrogen and oxygen atoms in total. The van der Waals surface area contributed by atoms with Gasteiger partial charge in [-0.3, -0.25) is 0 Å². The van der Waals surface area contributed by atoms with Crippen LogP contribution < -0.4 is 5.32 Å². The lowest BCUT2D eigenvalue weighted by Crippen LogP contribution is -2.14. The number of carbonyl (C=O) groups is 1. The number of halogens is 3. The first kappa shape index (κ1) is 16.1. The van der Waals surface area contributed by atoms with Crippen LogP contribution in [-0.2, 0) is 4.74 Å². The normalized spacial score (nSPS) is 10.2. The SMILES string of the molecule is O=C(OCCNc1c(Cl)cc(Br)cc1Cl)c1ccccc1. The Bertz CT molecular complexity index is 612. The van der Waals surface area contributed by atoms with E-state index in [1.807, 2.05) is 6.07 Å². The molecule has 0 aliphatic carbocycles. The predicted molar refractivity (Wildman–Crippen MR) is 89.4 cm³/mol. The molecule has 0 unspecified atom stereocenters. The molecule has 0 spiro atoms. The highest BCUT2D eigenvalue weighted by Gasteiger charge is 2.08. The molecular formula is C15H12BrCl2NO2. The molecule has 6 heteroatoms. The average Bonchev–Trinajstić information content (AvgIpc) is 2.46. The summed E-state index contributed by atoms with van der Waals surface area (Å²) in [5.41, 5.74) is 1.15. The molecule has 0 atom stereocenters. The standard InChI is InChI=1S/C15H12BrCl2NO2/c16-11-8-12(17)14(13(18)9-11)19-6-7-21-15(20)10-4-2-1-3-5-10/h1-5,8-9,19H,6-7H2. The second kappa shape index (κ2) is 7.69. The summed E-state index contributed by atoms with van der Waals surface area (Å²) in [6, 6.07) is 12.3. The van der Waals surface area contributed by atoms with Crippen molar-refractivity contribution in [2.45, 2.75) is 0 Å². The van der Waals surface area contributed by atoms with Crippen LogP contribution in [0.1, 0.15) is 10.4 Å². The van der Waals surface area contributed by atoms with Gasteiger partial charge in [0.25, 0.3) is 0 Å². The van der Waals surface area contributed by atoms with Crippen molar-refractivity contribution < 1.29 is 9.53 Å². The molecule has 2 aromatic carbocycles. The van der Waals surface area contributed by atoms with Crippen molar-refractivity contribution in [2.24, 2.45) is 0 Å². The van der Waals surface area contributed by atoms with Crippen molar-refractivity contribution >= 4 is 50.8 Å². The number of hydrogen-bond donors (Lipinski definition) is 1. The van der Waals surface area contributed by atoms with E-state index in [1.165, 1.54) is 0 Å². The topological polar surface area (TPSA) is 38.3 Å². The van der Waals surface area contributed by atoms with Gasteiger partial charge in [0, 0.05) is 11.0 Å². The van der Waals surface area contributed by atoms with E-state index < -0.39 is 0 Å². The number of rotatable bonds is 5. The molecule has 110 valence electrons. The first-order chi connectivity index (χ1) is 10.1. The summed E-state index contributed by atoms with van der Waals surface area (Å²) in [4.78, 5) is 11.7. The maximum Gasteiger partial charge on any atom is 0.338 e. The summed E-state index contributed by atoms with van der Waals surface area (Å²) in [5.74, 6) is -0.356. The van der Waals surface area contributed by atoms with Crippen LogP contribution >= 0.6 is 39.1 Å². The van der Waals surface area contributed by atoms with Gasteiger partial charge in [-0.1, -0.05) is 57.3 Å². The van der Waals surface area contributed by atoms with Crippen LogP contribution in [0.3, 0.4) is 0 Å². The van der Waals surface area contributed by atoms with Crippen LogP contribution in [0.4, 0.5) is 5.69 Å². The van der Waals surface area contributed by atoms with Gasteiger partial charge < -0.3 is 10.1 Å². The molecule has 0 heterocycles. The molecule has 0 aliphatic heterocycles. The third-order valence-corrected chi connectivity index (χ3v) is 3.71. The van der Waals surface area contributed by atoms with Crippen LogP contribution in [0.5, 0.6) is 0 Å². The molecule has 0 radical (unpaired) electrons. The number of nitrogens with one attached hydrogen (secondary N) is 1. The average molecular weight is 389 g/mol. The van der Waals surface area contributed by atoms with Gasteiger partial charge in [0.15, 0.2) is 0 Å². The number of carbonyl (C=O) groups excluding carboxylic acids is 1. The van der Waals surface area contributed by atoms with Crippen molar-refractivity contribution in [3.8, 4) is 0 Å². The fraction of sp³-hybridized carbons (Fsp3) is 0.133. The fourth-order valence-electron chi connectivity index (χ4n) is 1.69. The van der Waals surface area contributed by atoms with Crippen molar-refractivity contribution in [1.82, 2.24) is 0 Å². The Morgan fingerprint density at radius 3 is 2.38 bits per heavy atom. The second-order valence-corrected chi connectivity index (χ2v) is 5.90. The van der Waals surface area contributed by atoms with Gasteiger partial charge in [-0.15, -0.1) is 0 Å². The summed E-state index contributed by atoms with van der Waals surface area (Å²) in [7, 11) is 0. The third-order valence-electron chi connectivity index (χ3n) is 2.65. The zero-order chi connectivity index (χ0) is 15.2. The number of hydrogen-bond acceptors (Lipinski definition) is 3. The highest BCUT2D eigenvalue weighted by atomic mass is 79.9. The summed E-state index contributed by atoms with van der Waals surface area (Å²) in [5, 5.41) is 4.06. The van der Waals surface area contributed by atoms with Gasteiger partial charge in [0.2, 0.25) is 0 Å². The lowest BCUT2D eigenvalue weighted by molar-refractivity contribution is 0.0520. The maximum atomic E-state index is 11.7. The van der Waals surface area contributed by atoms with Gasteiger partial charge in [0.1, 0.15) is 6.61 Å². The zero-order valence-corrected chi connectivity index (χ0v) is 14.0.